The molecule has 0 aromatic carbocycles. The van der Waals surface area contributed by atoms with Crippen molar-refractivity contribution in [2.75, 3.05) is 42.6 Å². The molecule has 0 bridgehead atoms. The van der Waals surface area contributed by atoms with Crippen molar-refractivity contribution in [3.8, 4) is 0 Å². The zero-order valence-corrected chi connectivity index (χ0v) is 17.3. The standard InChI is InChI=1S/C21H22F3N7O/c22-21(23,24)17-7-14(1-4-25-17)30-12-20(13-30)3-5-29(11-20)18-9-26-16-8-27-31(19(16)28-18)10-15-2-6-32-15/h1,4,7-9,15H,2-3,5-6,10-13H2/t15-/m0/s1. The number of hydrogen-bond acceptors (Lipinski definition) is 7. The third kappa shape index (κ3) is 3.35. The van der Waals surface area contributed by atoms with Gasteiger partial charge in [0.15, 0.2) is 5.65 Å². The van der Waals surface area contributed by atoms with E-state index < -0.39 is 11.9 Å². The van der Waals surface area contributed by atoms with Crippen LogP contribution in [-0.2, 0) is 17.5 Å². The molecule has 1 spiro atoms. The molecule has 8 nitrogen and oxygen atoms in total. The second kappa shape index (κ2) is 7.03. The minimum atomic E-state index is -4.43. The molecule has 3 aromatic heterocycles. The maximum atomic E-state index is 13.0. The van der Waals surface area contributed by atoms with Gasteiger partial charge in [-0.1, -0.05) is 0 Å². The van der Waals surface area contributed by atoms with Crippen LogP contribution in [0, 0.1) is 5.41 Å². The Labute approximate surface area is 182 Å². The second-order valence-electron chi connectivity index (χ2n) is 8.97. The molecule has 11 heteroatoms. The Kier molecular flexibility index (Phi) is 4.33. The quantitative estimate of drug-likeness (QED) is 0.612. The first-order chi connectivity index (χ1) is 15.4. The van der Waals surface area contributed by atoms with E-state index in [-0.39, 0.29) is 11.5 Å². The molecule has 3 aliphatic heterocycles. The predicted molar refractivity (Wildman–Crippen MR) is 110 cm³/mol. The van der Waals surface area contributed by atoms with Gasteiger partial charge in [-0.25, -0.2) is 14.6 Å². The van der Waals surface area contributed by atoms with Crippen LogP contribution in [0.15, 0.2) is 30.7 Å². The van der Waals surface area contributed by atoms with E-state index in [0.717, 1.165) is 68.7 Å². The number of anilines is 2. The van der Waals surface area contributed by atoms with Crippen LogP contribution in [0.5, 0.6) is 0 Å². The summed E-state index contributed by atoms with van der Waals surface area (Å²) >= 11 is 0. The topological polar surface area (TPSA) is 72.2 Å². The summed E-state index contributed by atoms with van der Waals surface area (Å²) in [5, 5.41) is 4.41. The molecule has 0 unspecified atom stereocenters. The van der Waals surface area contributed by atoms with E-state index in [1.165, 1.54) is 6.20 Å². The van der Waals surface area contributed by atoms with Gasteiger partial charge >= 0.3 is 6.18 Å². The summed E-state index contributed by atoms with van der Waals surface area (Å²) in [6.07, 6.45) is 2.48. The van der Waals surface area contributed by atoms with Crippen LogP contribution in [0.3, 0.4) is 0 Å². The molecule has 0 aliphatic carbocycles. The van der Waals surface area contributed by atoms with Crippen molar-refractivity contribution < 1.29 is 17.9 Å². The second-order valence-corrected chi connectivity index (χ2v) is 8.97. The summed E-state index contributed by atoms with van der Waals surface area (Å²) in [7, 11) is 0. The highest BCUT2D eigenvalue weighted by atomic mass is 19.4. The molecular formula is C21H22F3N7O. The maximum absolute atomic E-state index is 13.0. The van der Waals surface area contributed by atoms with Gasteiger partial charge in [0, 0.05) is 50.1 Å². The number of pyridine rings is 1. The zero-order chi connectivity index (χ0) is 21.9. The van der Waals surface area contributed by atoms with Gasteiger partial charge in [-0.05, 0) is 25.0 Å². The van der Waals surface area contributed by atoms with Crippen LogP contribution >= 0.6 is 0 Å². The molecule has 0 saturated carbocycles. The Hall–Kier alpha value is -2.95. The third-order valence-electron chi connectivity index (χ3n) is 6.72. The highest BCUT2D eigenvalue weighted by Gasteiger charge is 2.48. The fourth-order valence-electron chi connectivity index (χ4n) is 4.85. The highest BCUT2D eigenvalue weighted by Crippen LogP contribution is 2.43. The summed E-state index contributed by atoms with van der Waals surface area (Å²) in [6.45, 7) is 4.56. The Balaban J connectivity index is 1.15. The lowest BCUT2D eigenvalue weighted by atomic mass is 9.79. The summed E-state index contributed by atoms with van der Waals surface area (Å²) in [4.78, 5) is 17.0. The van der Waals surface area contributed by atoms with E-state index in [9.17, 15) is 13.2 Å². The van der Waals surface area contributed by atoms with Crippen molar-refractivity contribution in [3.63, 3.8) is 0 Å². The molecule has 6 heterocycles. The maximum Gasteiger partial charge on any atom is 0.433 e. The average Bonchev–Trinajstić information content (AvgIpc) is 3.33. The highest BCUT2D eigenvalue weighted by molar-refractivity contribution is 5.71. The molecule has 0 amide bonds. The number of rotatable bonds is 4. The normalized spacial score (nSPS) is 22.4. The van der Waals surface area contributed by atoms with Crippen LogP contribution in [-0.4, -0.2) is 63.6 Å². The first kappa shape index (κ1) is 19.7. The van der Waals surface area contributed by atoms with Crippen molar-refractivity contribution in [2.45, 2.75) is 31.7 Å². The molecular weight excluding hydrogens is 423 g/mol. The first-order valence-corrected chi connectivity index (χ1v) is 10.7. The minimum absolute atomic E-state index is 0.0539. The van der Waals surface area contributed by atoms with Gasteiger partial charge in [-0.2, -0.15) is 18.3 Å². The molecule has 3 aliphatic rings. The third-order valence-corrected chi connectivity index (χ3v) is 6.72. The first-order valence-electron chi connectivity index (χ1n) is 10.7. The Morgan fingerprint density at radius 2 is 1.94 bits per heavy atom. The zero-order valence-electron chi connectivity index (χ0n) is 17.3. The number of aromatic nitrogens is 5. The van der Waals surface area contributed by atoms with E-state index >= 15 is 0 Å². The van der Waals surface area contributed by atoms with Crippen molar-refractivity contribution in [1.29, 1.82) is 0 Å². The number of ether oxygens (including phenoxy) is 1. The molecule has 3 aromatic rings. The SMILES string of the molecule is FC(F)(F)c1cc(N2CC3(CCN(c4cnc5cnn(C[C@@H]6CCO6)c5n4)C3)C2)ccn1. The number of hydrogen-bond donors (Lipinski definition) is 0. The van der Waals surface area contributed by atoms with Gasteiger partial charge in [0.05, 0.1) is 25.0 Å². The van der Waals surface area contributed by atoms with Gasteiger partial charge in [-0.15, -0.1) is 0 Å². The van der Waals surface area contributed by atoms with E-state index in [1.54, 1.807) is 18.5 Å². The number of alkyl halides is 3. The molecule has 32 heavy (non-hydrogen) atoms. The Morgan fingerprint density at radius 3 is 2.69 bits per heavy atom. The van der Waals surface area contributed by atoms with Crippen LogP contribution in [0.1, 0.15) is 18.5 Å². The largest absolute Gasteiger partial charge is 0.433 e. The van der Waals surface area contributed by atoms with Gasteiger partial charge < -0.3 is 14.5 Å². The molecule has 1 atom stereocenters. The van der Waals surface area contributed by atoms with Crippen molar-refractivity contribution >= 4 is 22.7 Å². The number of halogens is 3. The lowest BCUT2D eigenvalue weighted by Crippen LogP contribution is -2.57. The van der Waals surface area contributed by atoms with Gasteiger partial charge in [0.1, 0.15) is 17.0 Å². The lowest BCUT2D eigenvalue weighted by molar-refractivity contribution is -0.141. The molecule has 3 fully saturated rings. The Morgan fingerprint density at radius 1 is 1.12 bits per heavy atom. The summed E-state index contributed by atoms with van der Waals surface area (Å²) < 4.78 is 46.3. The monoisotopic (exact) mass is 445 g/mol. The molecule has 6 rings (SSSR count). The molecule has 168 valence electrons. The lowest BCUT2D eigenvalue weighted by Gasteiger charge is -2.49. The van der Waals surface area contributed by atoms with E-state index in [2.05, 4.69) is 20.0 Å². The van der Waals surface area contributed by atoms with Gasteiger partial charge in [0.25, 0.3) is 0 Å². The van der Waals surface area contributed by atoms with Crippen LogP contribution in [0.2, 0.25) is 0 Å². The fraction of sp³-hybridized carbons (Fsp3) is 0.524. The van der Waals surface area contributed by atoms with Crippen molar-refractivity contribution in [2.24, 2.45) is 5.41 Å². The smallest absolute Gasteiger partial charge is 0.376 e. The van der Waals surface area contributed by atoms with Crippen LogP contribution in [0.4, 0.5) is 24.7 Å². The number of nitrogens with zero attached hydrogens (tertiary/aromatic N) is 7. The van der Waals surface area contributed by atoms with Gasteiger partial charge in [-0.3, -0.25) is 4.98 Å². The van der Waals surface area contributed by atoms with E-state index in [4.69, 9.17) is 9.72 Å². The van der Waals surface area contributed by atoms with Crippen molar-refractivity contribution in [1.82, 2.24) is 24.7 Å². The summed E-state index contributed by atoms with van der Waals surface area (Å²) in [5.74, 6) is 0.812. The molecule has 0 radical (unpaired) electrons. The summed E-state index contributed by atoms with van der Waals surface area (Å²) in [5.41, 5.74) is 1.29. The predicted octanol–water partition coefficient (Wildman–Crippen LogP) is 2.75. The molecule has 0 N–H and O–H groups in total. The van der Waals surface area contributed by atoms with Crippen LogP contribution < -0.4 is 9.80 Å². The Bertz CT molecular complexity index is 1150. The van der Waals surface area contributed by atoms with Crippen LogP contribution in [0.25, 0.3) is 11.2 Å². The van der Waals surface area contributed by atoms with Crippen molar-refractivity contribution in [3.05, 3.63) is 36.4 Å². The minimum Gasteiger partial charge on any atom is -0.376 e. The van der Waals surface area contributed by atoms with E-state index in [0.29, 0.717) is 12.2 Å². The average molecular weight is 445 g/mol. The fourth-order valence-corrected chi connectivity index (χ4v) is 4.85. The number of fused-ring (bicyclic) bond motifs is 1. The van der Waals surface area contributed by atoms with E-state index in [1.807, 2.05) is 9.58 Å². The summed E-state index contributed by atoms with van der Waals surface area (Å²) in [6, 6.07) is 2.77. The molecule has 3 saturated heterocycles. The van der Waals surface area contributed by atoms with Gasteiger partial charge in [0.2, 0.25) is 0 Å².